The van der Waals surface area contributed by atoms with Crippen molar-refractivity contribution in [3.05, 3.63) is 6.33 Å². The minimum atomic E-state index is -3.95. The van der Waals surface area contributed by atoms with Gasteiger partial charge in [0.25, 0.3) is 0 Å². The minimum Gasteiger partial charge on any atom is -0.476 e. The van der Waals surface area contributed by atoms with Crippen LogP contribution >= 0.6 is 7.75 Å². The molecule has 2 aliphatic rings. The summed E-state index contributed by atoms with van der Waals surface area (Å²) < 4.78 is 58.9. The molecule has 3 N–H and O–H groups in total. The second kappa shape index (κ2) is 10.2. The molecule has 4 heterocycles. The number of aromatic nitrogens is 4. The fraction of sp³-hybridized carbons (Fsp3) is 0.714. The molecule has 15 heteroatoms. The number of imidazole rings is 1. The van der Waals surface area contributed by atoms with Crippen molar-refractivity contribution in [3.8, 4) is 5.88 Å². The van der Waals surface area contributed by atoms with E-state index in [-0.39, 0.29) is 42.6 Å². The number of carbonyl (C=O) groups is 1. The zero-order chi connectivity index (χ0) is 26.3. The average Bonchev–Trinajstić information content (AvgIpc) is 3.34. The van der Waals surface area contributed by atoms with Crippen molar-refractivity contribution in [2.45, 2.75) is 71.2 Å². The van der Waals surface area contributed by atoms with E-state index in [1.165, 1.54) is 17.8 Å². The first kappa shape index (κ1) is 26.7. The number of nitrogens with zero attached hydrogens (tertiary/aromatic N) is 4. The van der Waals surface area contributed by atoms with E-state index in [1.54, 1.807) is 20.8 Å². The largest absolute Gasteiger partial charge is 0.476 e. The Balaban J connectivity index is 1.54. The third kappa shape index (κ3) is 5.05. The Morgan fingerprint density at radius 1 is 1.42 bits per heavy atom. The zero-order valence-corrected chi connectivity index (χ0v) is 21.7. The lowest BCUT2D eigenvalue weighted by atomic mass is 9.98. The highest BCUT2D eigenvalue weighted by atomic mass is 31.2. The normalized spacial score (nSPS) is 30.9. The summed E-state index contributed by atoms with van der Waals surface area (Å²) in [6.07, 6.45) is -1.49. The molecule has 0 spiro atoms. The Hall–Kier alpha value is -2.38. The summed E-state index contributed by atoms with van der Waals surface area (Å²) in [5.41, 5.74) is 4.18. The first-order valence-corrected chi connectivity index (χ1v) is 13.4. The van der Waals surface area contributed by atoms with Crippen molar-refractivity contribution in [3.63, 3.8) is 0 Å². The summed E-state index contributed by atoms with van der Waals surface area (Å²) in [7, 11) is -3.95. The fourth-order valence-corrected chi connectivity index (χ4v) is 5.95. The Kier molecular flexibility index (Phi) is 7.54. The second-order valence-electron chi connectivity index (χ2n) is 9.16. The van der Waals surface area contributed by atoms with Gasteiger partial charge in [0.15, 0.2) is 23.1 Å². The molecule has 0 aromatic carbocycles. The van der Waals surface area contributed by atoms with Crippen molar-refractivity contribution in [2.24, 2.45) is 5.92 Å². The van der Waals surface area contributed by atoms with E-state index in [4.69, 9.17) is 29.0 Å². The highest BCUT2D eigenvalue weighted by Gasteiger charge is 2.61. The van der Waals surface area contributed by atoms with Gasteiger partial charge in [0.05, 0.1) is 31.5 Å². The lowest BCUT2D eigenvalue weighted by molar-refractivity contribution is -0.148. The zero-order valence-electron chi connectivity index (χ0n) is 20.8. The Morgan fingerprint density at radius 2 is 2.17 bits per heavy atom. The molecule has 2 fully saturated rings. The Labute approximate surface area is 207 Å². The van der Waals surface area contributed by atoms with E-state index in [1.807, 2.05) is 6.92 Å². The monoisotopic (exact) mass is 530 g/mol. The SMILES string of the molecule is CCOc1nc(N)nc2c1ncn2[C@@H]1O[C@@H]2CO[P@](=O)(N[C@@H](CC)COC(=O)C(C)C)O[C@H]2[C@@]1(C)F. The number of nitrogen functional groups attached to an aromatic ring is 1. The van der Waals surface area contributed by atoms with Crippen LogP contribution in [0.3, 0.4) is 0 Å². The number of carbonyl (C=O) groups excluding carboxylic acids is 1. The lowest BCUT2D eigenvalue weighted by Gasteiger charge is -2.35. The van der Waals surface area contributed by atoms with Gasteiger partial charge in [-0.05, 0) is 20.3 Å². The first-order valence-electron chi connectivity index (χ1n) is 11.8. The number of hydrogen-bond acceptors (Lipinski definition) is 11. The van der Waals surface area contributed by atoms with Crippen molar-refractivity contribution < 1.29 is 37.0 Å². The van der Waals surface area contributed by atoms with E-state index in [9.17, 15) is 9.36 Å². The van der Waals surface area contributed by atoms with Crippen molar-refractivity contribution >= 4 is 30.8 Å². The Bertz CT molecular complexity index is 1160. The van der Waals surface area contributed by atoms with Crippen LogP contribution in [0.5, 0.6) is 5.88 Å². The molecule has 0 unspecified atom stereocenters. The molecule has 0 radical (unpaired) electrons. The summed E-state index contributed by atoms with van der Waals surface area (Å²) in [6.45, 7) is 8.44. The van der Waals surface area contributed by atoms with Gasteiger partial charge in [-0.2, -0.15) is 9.97 Å². The smallest absolute Gasteiger partial charge is 0.406 e. The third-order valence-electron chi connectivity index (χ3n) is 6.01. The second-order valence-corrected chi connectivity index (χ2v) is 10.9. The highest BCUT2D eigenvalue weighted by molar-refractivity contribution is 7.51. The number of nitrogens with one attached hydrogen (secondary N) is 1. The summed E-state index contributed by atoms with van der Waals surface area (Å²) in [4.78, 5) is 24.3. The summed E-state index contributed by atoms with van der Waals surface area (Å²) in [5.74, 6) is -0.578. The number of ether oxygens (including phenoxy) is 3. The van der Waals surface area contributed by atoms with Crippen LogP contribution in [0.15, 0.2) is 6.33 Å². The molecule has 0 saturated carbocycles. The van der Waals surface area contributed by atoms with Gasteiger partial charge in [0, 0.05) is 0 Å². The van der Waals surface area contributed by atoms with E-state index in [0.717, 1.165) is 0 Å². The van der Waals surface area contributed by atoms with Gasteiger partial charge in [-0.3, -0.25) is 18.4 Å². The number of hydrogen-bond donors (Lipinski definition) is 2. The molecular formula is C21H32FN6O7P. The molecule has 36 heavy (non-hydrogen) atoms. The van der Waals surface area contributed by atoms with E-state index >= 15 is 4.39 Å². The Morgan fingerprint density at radius 3 is 2.83 bits per heavy atom. The minimum absolute atomic E-state index is 0.0331. The average molecular weight is 530 g/mol. The fourth-order valence-electron chi connectivity index (χ4n) is 4.06. The third-order valence-corrected chi connectivity index (χ3v) is 7.69. The number of rotatable bonds is 9. The van der Waals surface area contributed by atoms with Crippen LogP contribution in [-0.2, 0) is 27.9 Å². The van der Waals surface area contributed by atoms with Gasteiger partial charge in [-0.25, -0.2) is 19.0 Å². The number of alkyl halides is 1. The van der Waals surface area contributed by atoms with E-state index in [2.05, 4.69) is 20.0 Å². The standard InChI is InChI=1S/C21H32FN6O7P/c1-6-12(8-32-18(29)11(3)4)27-36(30)33-9-13-15(35-36)21(5,22)19(34-13)28-10-24-14-16(28)25-20(23)26-17(14)31-7-2/h10-13,15,19H,6-9H2,1-5H3,(H,27,30)(H2,23,25,26)/t12-,13+,15+,19+,21+,36+/m0/s1. The molecule has 0 amide bonds. The molecule has 2 aliphatic heterocycles. The number of halogens is 1. The van der Waals surface area contributed by atoms with E-state index in [0.29, 0.717) is 18.5 Å². The molecule has 2 aromatic rings. The molecule has 6 atom stereocenters. The van der Waals surface area contributed by atoms with Gasteiger partial charge in [0.2, 0.25) is 11.8 Å². The molecule has 0 aliphatic carbocycles. The van der Waals surface area contributed by atoms with Crippen LogP contribution in [0.25, 0.3) is 11.2 Å². The van der Waals surface area contributed by atoms with Crippen LogP contribution in [0.1, 0.15) is 47.3 Å². The number of fused-ring (bicyclic) bond motifs is 2. The van der Waals surface area contributed by atoms with Crippen molar-refractivity contribution in [2.75, 3.05) is 25.6 Å². The van der Waals surface area contributed by atoms with Crippen LogP contribution in [-0.4, -0.2) is 69.2 Å². The summed E-state index contributed by atoms with van der Waals surface area (Å²) >= 11 is 0. The molecule has 0 bridgehead atoms. The van der Waals surface area contributed by atoms with Crippen LogP contribution in [0, 0.1) is 5.92 Å². The van der Waals surface area contributed by atoms with Gasteiger partial charge in [-0.15, -0.1) is 0 Å². The first-order chi connectivity index (χ1) is 17.0. The summed E-state index contributed by atoms with van der Waals surface area (Å²) in [6, 6.07) is -0.520. The van der Waals surface area contributed by atoms with Crippen LogP contribution in [0.4, 0.5) is 10.3 Å². The molecule has 4 rings (SSSR count). The molecule has 2 saturated heterocycles. The quantitative estimate of drug-likeness (QED) is 0.360. The number of esters is 1. The predicted molar refractivity (Wildman–Crippen MR) is 126 cm³/mol. The summed E-state index contributed by atoms with van der Waals surface area (Å²) in [5, 5.41) is 2.77. The van der Waals surface area contributed by atoms with E-state index < -0.39 is 37.9 Å². The molecule has 2 aromatic heterocycles. The van der Waals surface area contributed by atoms with Crippen LogP contribution < -0.4 is 15.6 Å². The van der Waals surface area contributed by atoms with Gasteiger partial charge in [0.1, 0.15) is 18.8 Å². The topological polar surface area (TPSA) is 162 Å². The van der Waals surface area contributed by atoms with Gasteiger partial charge in [-0.1, -0.05) is 20.8 Å². The molecule has 13 nitrogen and oxygen atoms in total. The predicted octanol–water partition coefficient (Wildman–Crippen LogP) is 2.52. The number of anilines is 1. The maximum atomic E-state index is 16.3. The van der Waals surface area contributed by atoms with Crippen molar-refractivity contribution in [1.82, 2.24) is 24.6 Å². The highest BCUT2D eigenvalue weighted by Crippen LogP contribution is 2.57. The maximum Gasteiger partial charge on any atom is 0.406 e. The van der Waals surface area contributed by atoms with Gasteiger partial charge < -0.3 is 19.9 Å². The molecular weight excluding hydrogens is 498 g/mol. The van der Waals surface area contributed by atoms with Crippen molar-refractivity contribution in [1.29, 1.82) is 0 Å². The van der Waals surface area contributed by atoms with Gasteiger partial charge >= 0.3 is 13.7 Å². The molecule has 200 valence electrons. The number of nitrogens with two attached hydrogens (primary N) is 1. The lowest BCUT2D eigenvalue weighted by Crippen LogP contribution is -2.47. The van der Waals surface area contributed by atoms with Crippen LogP contribution in [0.2, 0.25) is 0 Å². The maximum absolute atomic E-state index is 16.3.